The number of allylic oxidation sites excluding steroid dienone is 7. The molecule has 1 rings (SSSR count). The van der Waals surface area contributed by atoms with Gasteiger partial charge in [-0.15, -0.1) is 0 Å². The molecule has 2 N–H and O–H groups in total. The maximum absolute atomic E-state index is 5.75. The van der Waals surface area contributed by atoms with Crippen LogP contribution in [0.3, 0.4) is 0 Å². The largest absolute Gasteiger partial charge is 0.402 e. The van der Waals surface area contributed by atoms with Crippen LogP contribution >= 0.6 is 0 Å². The minimum atomic E-state index is 0.852. The molecule has 0 radical (unpaired) electrons. The zero-order valence-corrected chi connectivity index (χ0v) is 7.94. The van der Waals surface area contributed by atoms with E-state index in [1.807, 2.05) is 20.8 Å². The average Bonchev–Trinajstić information content (AvgIpc) is 2.65. The van der Waals surface area contributed by atoms with E-state index >= 15 is 0 Å². The van der Waals surface area contributed by atoms with Gasteiger partial charge in [-0.05, 0) is 43.6 Å². The predicted octanol–water partition coefficient (Wildman–Crippen LogP) is 2.68. The van der Waals surface area contributed by atoms with E-state index in [-0.39, 0.29) is 0 Å². The van der Waals surface area contributed by atoms with E-state index in [1.54, 1.807) is 0 Å². The van der Waals surface area contributed by atoms with Crippen LogP contribution in [-0.4, -0.2) is 0 Å². The van der Waals surface area contributed by atoms with E-state index in [2.05, 4.69) is 18.7 Å². The number of rotatable bonds is 2. The summed E-state index contributed by atoms with van der Waals surface area (Å²) in [5.41, 5.74) is 11.3. The van der Waals surface area contributed by atoms with Gasteiger partial charge in [-0.3, -0.25) is 0 Å². The molecule has 0 bridgehead atoms. The average molecular weight is 161 g/mol. The van der Waals surface area contributed by atoms with E-state index < -0.39 is 0 Å². The van der Waals surface area contributed by atoms with Crippen LogP contribution in [0.25, 0.3) is 0 Å². The summed E-state index contributed by atoms with van der Waals surface area (Å²) in [4.78, 5) is 0. The normalized spacial score (nSPS) is 20.2. The van der Waals surface area contributed by atoms with Gasteiger partial charge in [0.15, 0.2) is 0 Å². The van der Waals surface area contributed by atoms with Gasteiger partial charge in [0.1, 0.15) is 0 Å². The lowest BCUT2D eigenvalue weighted by Gasteiger charge is -2.04. The lowest BCUT2D eigenvalue weighted by atomic mass is 10.0. The van der Waals surface area contributed by atoms with E-state index in [0.717, 1.165) is 16.8 Å². The Balaban J connectivity index is 2.94. The van der Waals surface area contributed by atoms with Crippen molar-refractivity contribution in [2.24, 2.45) is 5.73 Å². The van der Waals surface area contributed by atoms with Crippen LogP contribution in [0.1, 0.15) is 20.8 Å². The summed E-state index contributed by atoms with van der Waals surface area (Å²) in [6.45, 7) is 9.83. The fourth-order valence-corrected chi connectivity index (χ4v) is 1.35. The first kappa shape index (κ1) is 8.85. The Bertz CT molecular complexity index is 310. The molecule has 0 saturated heterocycles. The summed E-state index contributed by atoms with van der Waals surface area (Å²) in [6.07, 6.45) is 4.21. The molecule has 0 amide bonds. The molecule has 0 spiro atoms. The van der Waals surface area contributed by atoms with Crippen LogP contribution in [0.4, 0.5) is 0 Å². The van der Waals surface area contributed by atoms with Crippen molar-refractivity contribution < 1.29 is 0 Å². The van der Waals surface area contributed by atoms with Crippen molar-refractivity contribution in [3.05, 3.63) is 46.7 Å². The van der Waals surface area contributed by atoms with E-state index in [4.69, 9.17) is 5.73 Å². The SMILES string of the molecule is C=C(C)/C(C1=C/C1=C/C)=C(\C)N. The molecule has 0 heterocycles. The Kier molecular flexibility index (Phi) is 2.22. The van der Waals surface area contributed by atoms with Gasteiger partial charge in [0.2, 0.25) is 0 Å². The van der Waals surface area contributed by atoms with Gasteiger partial charge in [0.05, 0.1) is 0 Å². The van der Waals surface area contributed by atoms with Gasteiger partial charge in [-0.1, -0.05) is 12.7 Å². The van der Waals surface area contributed by atoms with Crippen molar-refractivity contribution in [2.45, 2.75) is 20.8 Å². The zero-order valence-electron chi connectivity index (χ0n) is 7.94. The van der Waals surface area contributed by atoms with E-state index in [1.165, 1.54) is 11.1 Å². The molecule has 1 aliphatic carbocycles. The minimum Gasteiger partial charge on any atom is -0.402 e. The van der Waals surface area contributed by atoms with E-state index in [0.29, 0.717) is 0 Å². The van der Waals surface area contributed by atoms with Gasteiger partial charge in [-0.2, -0.15) is 0 Å². The van der Waals surface area contributed by atoms with Crippen LogP contribution in [-0.2, 0) is 0 Å². The Morgan fingerprint density at radius 2 is 2.08 bits per heavy atom. The topological polar surface area (TPSA) is 26.0 Å². The Hall–Kier alpha value is -1.24. The summed E-state index contributed by atoms with van der Waals surface area (Å²) in [5.74, 6) is 0. The minimum absolute atomic E-state index is 0.852. The van der Waals surface area contributed by atoms with Crippen molar-refractivity contribution in [3.8, 4) is 0 Å². The molecule has 0 aromatic rings. The van der Waals surface area contributed by atoms with Crippen LogP contribution < -0.4 is 5.73 Å². The molecule has 1 heteroatoms. The molecule has 0 atom stereocenters. The van der Waals surface area contributed by atoms with Crippen molar-refractivity contribution in [3.63, 3.8) is 0 Å². The summed E-state index contributed by atoms with van der Waals surface area (Å²) in [5, 5.41) is 0. The highest BCUT2D eigenvalue weighted by atomic mass is 14.6. The molecule has 0 saturated carbocycles. The first-order chi connectivity index (χ1) is 5.57. The second-order valence-corrected chi connectivity index (χ2v) is 3.14. The predicted molar refractivity (Wildman–Crippen MR) is 53.5 cm³/mol. The molecule has 0 aliphatic heterocycles. The van der Waals surface area contributed by atoms with Crippen molar-refractivity contribution >= 4 is 0 Å². The van der Waals surface area contributed by atoms with Crippen molar-refractivity contribution in [2.75, 3.05) is 0 Å². The van der Waals surface area contributed by atoms with Crippen molar-refractivity contribution in [1.82, 2.24) is 0 Å². The zero-order chi connectivity index (χ0) is 9.30. The molecule has 1 aliphatic rings. The van der Waals surface area contributed by atoms with Gasteiger partial charge in [0, 0.05) is 11.3 Å². The second-order valence-electron chi connectivity index (χ2n) is 3.14. The highest BCUT2D eigenvalue weighted by Gasteiger charge is 2.20. The maximum atomic E-state index is 5.75. The van der Waals surface area contributed by atoms with Crippen LogP contribution in [0.15, 0.2) is 46.7 Å². The molecule has 1 nitrogen and oxygen atoms in total. The summed E-state index contributed by atoms with van der Waals surface area (Å²) >= 11 is 0. The second kappa shape index (κ2) is 3.02. The first-order valence-corrected chi connectivity index (χ1v) is 4.09. The number of nitrogens with two attached hydrogens (primary N) is 1. The quantitative estimate of drug-likeness (QED) is 0.619. The van der Waals surface area contributed by atoms with Crippen LogP contribution in [0.5, 0.6) is 0 Å². The van der Waals surface area contributed by atoms with Crippen LogP contribution in [0, 0.1) is 0 Å². The lowest BCUT2D eigenvalue weighted by Crippen LogP contribution is -1.98. The number of hydrogen-bond donors (Lipinski definition) is 1. The van der Waals surface area contributed by atoms with Gasteiger partial charge >= 0.3 is 0 Å². The van der Waals surface area contributed by atoms with Crippen molar-refractivity contribution in [1.29, 1.82) is 0 Å². The molecule has 0 aromatic carbocycles. The third kappa shape index (κ3) is 1.50. The summed E-state index contributed by atoms with van der Waals surface area (Å²) in [6, 6.07) is 0. The molecule has 0 aromatic heterocycles. The molecular weight excluding hydrogens is 146 g/mol. The lowest BCUT2D eigenvalue weighted by molar-refractivity contribution is 1.23. The van der Waals surface area contributed by atoms with Crippen LogP contribution in [0.2, 0.25) is 0 Å². The molecular formula is C11H15N. The highest BCUT2D eigenvalue weighted by molar-refractivity contribution is 5.71. The highest BCUT2D eigenvalue weighted by Crippen LogP contribution is 2.38. The Labute approximate surface area is 74.0 Å². The van der Waals surface area contributed by atoms with Gasteiger partial charge in [0.25, 0.3) is 0 Å². The summed E-state index contributed by atoms with van der Waals surface area (Å²) in [7, 11) is 0. The molecule has 64 valence electrons. The Morgan fingerprint density at radius 3 is 2.33 bits per heavy atom. The summed E-state index contributed by atoms with van der Waals surface area (Å²) < 4.78 is 0. The Morgan fingerprint density at radius 1 is 1.50 bits per heavy atom. The molecule has 0 unspecified atom stereocenters. The smallest absolute Gasteiger partial charge is 0.0131 e. The third-order valence-corrected chi connectivity index (χ3v) is 1.93. The molecule has 12 heavy (non-hydrogen) atoms. The fraction of sp³-hybridized carbons (Fsp3) is 0.273. The first-order valence-electron chi connectivity index (χ1n) is 4.09. The van der Waals surface area contributed by atoms with E-state index in [9.17, 15) is 0 Å². The standard InChI is InChI=1S/C11H15N/c1-5-9-6-10(9)11(7(2)3)8(4)12/h5-6H,2,12H2,1,3-4H3/b9-5-,11-8-. The molecule has 0 fully saturated rings. The fourth-order valence-electron chi connectivity index (χ4n) is 1.35. The maximum Gasteiger partial charge on any atom is 0.0131 e. The monoisotopic (exact) mass is 161 g/mol. The van der Waals surface area contributed by atoms with Gasteiger partial charge in [-0.25, -0.2) is 0 Å². The van der Waals surface area contributed by atoms with Gasteiger partial charge < -0.3 is 5.73 Å². The third-order valence-electron chi connectivity index (χ3n) is 1.93. The number of hydrogen-bond acceptors (Lipinski definition) is 1.